The van der Waals surface area contributed by atoms with Gasteiger partial charge in [-0.2, -0.15) is 19.1 Å². The van der Waals surface area contributed by atoms with Gasteiger partial charge in [-0.25, -0.2) is 22.2 Å². The number of anilines is 1. The van der Waals surface area contributed by atoms with Gasteiger partial charge in [-0.3, -0.25) is 4.79 Å². The number of alkyl halides is 6. The minimum absolute atomic E-state index is 0.0246. The van der Waals surface area contributed by atoms with Crippen LogP contribution in [0, 0.1) is 16.7 Å². The van der Waals surface area contributed by atoms with Crippen molar-refractivity contribution in [1.82, 2.24) is 14.7 Å². The molecule has 2 N–H and O–H groups in total. The highest BCUT2D eigenvalue weighted by atomic mass is 35.5. The van der Waals surface area contributed by atoms with Crippen molar-refractivity contribution in [2.75, 3.05) is 12.4 Å². The first kappa shape index (κ1) is 31.8. The fraction of sp³-hybridized carbons (Fsp3) is 0.462. The number of aryl methyl sites for hydroxylation is 1. The number of nitrogens with zero attached hydrogens (tertiary/aromatic N) is 4. The van der Waals surface area contributed by atoms with Crippen LogP contribution in [0.15, 0.2) is 24.4 Å². The maximum Gasteiger partial charge on any atom is 0.387 e. The fourth-order valence-electron chi connectivity index (χ4n) is 4.23. The molecule has 3 rings (SSSR count). The van der Waals surface area contributed by atoms with Crippen molar-refractivity contribution in [3.05, 3.63) is 46.2 Å². The molecule has 1 saturated carbocycles. The summed E-state index contributed by atoms with van der Waals surface area (Å²) < 4.78 is 90.3. The summed E-state index contributed by atoms with van der Waals surface area (Å²) in [6, 6.07) is 6.29. The van der Waals surface area contributed by atoms with Gasteiger partial charge in [0.2, 0.25) is 0 Å². The van der Waals surface area contributed by atoms with Gasteiger partial charge in [-0.1, -0.05) is 17.7 Å². The van der Waals surface area contributed by atoms with Gasteiger partial charge in [0, 0.05) is 45.9 Å². The first-order chi connectivity index (χ1) is 18.8. The van der Waals surface area contributed by atoms with Crippen LogP contribution in [0.5, 0.6) is 5.75 Å². The molecule has 0 radical (unpaired) electrons. The summed E-state index contributed by atoms with van der Waals surface area (Å²) in [5.41, 5.74) is -5.07. The largest absolute Gasteiger partial charge is 0.429 e. The summed E-state index contributed by atoms with van der Waals surface area (Å²) in [6.07, 6.45) is 2.93. The standard InChI is InChI=1S/C26H27ClF6N6O2/c1-23(24(2,30)31,25(3,32)33)19-18(41-22(28)29)20(39(5)37-19)36-12-15(11-34)14-6-7-17(27)16(10-14)21(40)38(4)26(13-35)8-9-26/h6-7,10-12,22,34,36H,8-9H2,1-5H3/b15-12+,34-11?. The number of hydrogen-bond donors (Lipinski definition) is 2. The number of nitriles is 1. The first-order valence-corrected chi connectivity index (χ1v) is 12.5. The van der Waals surface area contributed by atoms with Crippen LogP contribution in [0.2, 0.25) is 5.02 Å². The number of allylic oxidation sites excluding steroid dienone is 1. The molecule has 0 atom stereocenters. The Morgan fingerprint density at radius 2 is 1.85 bits per heavy atom. The Labute approximate surface area is 237 Å². The van der Waals surface area contributed by atoms with Crippen LogP contribution in [-0.4, -0.2) is 57.8 Å². The summed E-state index contributed by atoms with van der Waals surface area (Å²) in [7, 11) is 2.61. The average Bonchev–Trinajstić information content (AvgIpc) is 3.62. The molecule has 2 aromatic rings. The van der Waals surface area contributed by atoms with Gasteiger partial charge in [-0.05, 0) is 37.5 Å². The lowest BCUT2D eigenvalue weighted by Gasteiger charge is -2.38. The van der Waals surface area contributed by atoms with E-state index in [1.54, 1.807) is 0 Å². The van der Waals surface area contributed by atoms with E-state index >= 15 is 0 Å². The summed E-state index contributed by atoms with van der Waals surface area (Å²) in [4.78, 5) is 14.4. The number of aromatic nitrogens is 2. The Balaban J connectivity index is 2.08. The van der Waals surface area contributed by atoms with Gasteiger partial charge in [0.05, 0.1) is 16.7 Å². The van der Waals surface area contributed by atoms with Gasteiger partial charge in [-0.15, -0.1) is 0 Å². The lowest BCUT2D eigenvalue weighted by Crippen LogP contribution is -2.53. The van der Waals surface area contributed by atoms with Crippen molar-refractivity contribution < 1.29 is 35.9 Å². The molecule has 1 heterocycles. The molecule has 0 bridgehead atoms. The zero-order valence-corrected chi connectivity index (χ0v) is 23.4. The summed E-state index contributed by atoms with van der Waals surface area (Å²) >= 11 is 6.23. The Morgan fingerprint density at radius 1 is 1.27 bits per heavy atom. The highest BCUT2D eigenvalue weighted by Crippen LogP contribution is 2.53. The topological polar surface area (TPSA) is 107 Å². The van der Waals surface area contributed by atoms with Crippen LogP contribution in [0.3, 0.4) is 0 Å². The van der Waals surface area contributed by atoms with Crippen LogP contribution < -0.4 is 10.1 Å². The highest BCUT2D eigenvalue weighted by molar-refractivity contribution is 6.34. The quantitative estimate of drug-likeness (QED) is 0.226. The number of amides is 1. The Bertz CT molecular complexity index is 1410. The molecule has 0 aliphatic heterocycles. The van der Waals surface area contributed by atoms with E-state index in [9.17, 15) is 36.4 Å². The van der Waals surface area contributed by atoms with Crippen molar-refractivity contribution >= 4 is 35.1 Å². The molecular weight excluding hydrogens is 578 g/mol. The van der Waals surface area contributed by atoms with Crippen molar-refractivity contribution in [2.45, 2.75) is 63.0 Å². The number of carbonyl (C=O) groups excluding carboxylic acids is 1. The van der Waals surface area contributed by atoms with Gasteiger partial charge in [0.25, 0.3) is 17.8 Å². The maximum atomic E-state index is 14.6. The number of halogens is 7. The lowest BCUT2D eigenvalue weighted by atomic mass is 9.75. The van der Waals surface area contributed by atoms with Crippen LogP contribution in [0.4, 0.5) is 32.2 Å². The SMILES string of the molecule is CN(C(=O)c1cc(/C(C=N)=C/Nc2c(OC(F)F)c(C(C)(C(C)(F)F)C(C)(F)F)nn2C)ccc1Cl)C1(C#N)CC1. The molecule has 1 aliphatic carbocycles. The van der Waals surface area contributed by atoms with E-state index in [4.69, 9.17) is 17.0 Å². The van der Waals surface area contributed by atoms with E-state index in [0.29, 0.717) is 19.8 Å². The van der Waals surface area contributed by atoms with Crippen LogP contribution in [-0.2, 0) is 12.5 Å². The molecule has 0 spiro atoms. The Hall–Kier alpha value is -3.73. The second-order valence-corrected chi connectivity index (χ2v) is 10.4. The van der Waals surface area contributed by atoms with E-state index in [0.717, 1.165) is 24.1 Å². The fourth-order valence-corrected chi connectivity index (χ4v) is 4.43. The third-order valence-corrected chi connectivity index (χ3v) is 7.70. The third kappa shape index (κ3) is 5.72. The predicted octanol–water partition coefficient (Wildman–Crippen LogP) is 6.47. The molecule has 1 aromatic heterocycles. The van der Waals surface area contributed by atoms with Crippen LogP contribution >= 0.6 is 11.6 Å². The molecule has 15 heteroatoms. The second kappa shape index (κ2) is 10.9. The molecule has 0 unspecified atom stereocenters. The van der Waals surface area contributed by atoms with Crippen molar-refractivity contribution in [3.8, 4) is 11.8 Å². The van der Waals surface area contributed by atoms with E-state index < -0.39 is 52.6 Å². The molecule has 222 valence electrons. The van der Waals surface area contributed by atoms with E-state index in [1.165, 1.54) is 30.1 Å². The summed E-state index contributed by atoms with van der Waals surface area (Å²) in [6.45, 7) is -2.62. The van der Waals surface area contributed by atoms with Crippen molar-refractivity contribution in [3.63, 3.8) is 0 Å². The normalized spacial score (nSPS) is 15.4. The van der Waals surface area contributed by atoms with Gasteiger partial charge in [0.1, 0.15) is 16.6 Å². The number of benzene rings is 1. The third-order valence-electron chi connectivity index (χ3n) is 7.37. The molecule has 1 aliphatic rings. The highest BCUT2D eigenvalue weighted by Gasteiger charge is 2.64. The van der Waals surface area contributed by atoms with Crippen LogP contribution in [0.1, 0.15) is 55.2 Å². The zero-order valence-electron chi connectivity index (χ0n) is 22.6. The predicted molar refractivity (Wildman–Crippen MR) is 140 cm³/mol. The number of ether oxygens (including phenoxy) is 1. The van der Waals surface area contributed by atoms with Gasteiger partial charge in [0.15, 0.2) is 11.6 Å². The van der Waals surface area contributed by atoms with Crippen molar-refractivity contribution in [2.24, 2.45) is 7.05 Å². The van der Waals surface area contributed by atoms with Crippen LogP contribution in [0.25, 0.3) is 5.57 Å². The Kier molecular flexibility index (Phi) is 8.47. The molecule has 8 nitrogen and oxygen atoms in total. The van der Waals surface area contributed by atoms with Gasteiger partial charge < -0.3 is 20.4 Å². The molecule has 1 amide bonds. The average molecular weight is 605 g/mol. The zero-order chi connectivity index (χ0) is 31.1. The maximum absolute atomic E-state index is 14.6. The van der Waals surface area contributed by atoms with E-state index in [1.807, 2.05) is 0 Å². The minimum atomic E-state index is -4.13. The number of nitrogens with one attached hydrogen (secondary N) is 2. The molecule has 1 aromatic carbocycles. The molecule has 1 fully saturated rings. The number of hydrogen-bond acceptors (Lipinski definition) is 6. The molecule has 41 heavy (non-hydrogen) atoms. The van der Waals surface area contributed by atoms with E-state index in [2.05, 4.69) is 21.2 Å². The molecule has 0 saturated heterocycles. The lowest BCUT2D eigenvalue weighted by molar-refractivity contribution is -0.173. The minimum Gasteiger partial charge on any atom is -0.429 e. The smallest absolute Gasteiger partial charge is 0.387 e. The Morgan fingerprint density at radius 3 is 2.32 bits per heavy atom. The summed E-state index contributed by atoms with van der Waals surface area (Å²) in [5.74, 6) is -10.3. The monoisotopic (exact) mass is 604 g/mol. The van der Waals surface area contributed by atoms with E-state index in [-0.39, 0.29) is 35.6 Å². The number of rotatable bonds is 11. The molecular formula is C26H27ClF6N6O2. The number of carbonyl (C=O) groups is 1. The first-order valence-electron chi connectivity index (χ1n) is 12.1. The van der Waals surface area contributed by atoms with Crippen molar-refractivity contribution in [1.29, 1.82) is 10.7 Å². The van der Waals surface area contributed by atoms with Gasteiger partial charge >= 0.3 is 6.61 Å². The summed E-state index contributed by atoms with van der Waals surface area (Å²) in [5, 5.41) is 23.6. The second-order valence-electron chi connectivity index (χ2n) is 10.0.